The first kappa shape index (κ1) is 10.4. The van der Waals surface area contributed by atoms with Crippen LogP contribution in [0.5, 0.6) is 0 Å². The number of rotatable bonds is 2. The quantitative estimate of drug-likeness (QED) is 0.459. The second kappa shape index (κ2) is 4.20. The van der Waals surface area contributed by atoms with Gasteiger partial charge in [0, 0.05) is 12.3 Å². The second-order valence-corrected chi connectivity index (χ2v) is 4.10. The second-order valence-electron chi connectivity index (χ2n) is 2.94. The van der Waals surface area contributed by atoms with E-state index in [0.29, 0.717) is 16.1 Å². The van der Waals surface area contributed by atoms with E-state index in [1.54, 1.807) is 10.7 Å². The molecule has 2 heterocycles. The predicted octanol–water partition coefficient (Wildman–Crippen LogP) is 2.35. The Bertz CT molecular complexity index is 483. The zero-order valence-corrected chi connectivity index (χ0v) is 9.88. The highest BCUT2D eigenvalue weighted by atomic mass is 35.5. The van der Waals surface area contributed by atoms with Crippen molar-refractivity contribution in [2.24, 2.45) is 0 Å². The molecule has 0 fully saturated rings. The van der Waals surface area contributed by atoms with Gasteiger partial charge in [0.1, 0.15) is 5.15 Å². The molecule has 0 aliphatic carbocycles. The average Bonchev–Trinajstić information content (AvgIpc) is 2.64. The van der Waals surface area contributed by atoms with Crippen LogP contribution in [0.4, 0.5) is 0 Å². The lowest BCUT2D eigenvalue weighted by Gasteiger charge is -2.02. The Hall–Kier alpha value is -1.07. The maximum absolute atomic E-state index is 5.88. The molecule has 2 rings (SSSR count). The third-order valence-electron chi connectivity index (χ3n) is 1.80. The lowest BCUT2D eigenvalue weighted by Crippen LogP contribution is -2.00. The molecule has 0 aromatic carbocycles. The summed E-state index contributed by atoms with van der Waals surface area (Å²) in [6.07, 6.45) is 3.75. The lowest BCUT2D eigenvalue weighted by molar-refractivity contribution is 0.798. The van der Waals surface area contributed by atoms with Gasteiger partial charge in [-0.1, -0.05) is 23.4 Å². The number of aryl methyl sites for hydroxylation is 1. The molecule has 0 atom stereocenters. The van der Waals surface area contributed by atoms with E-state index >= 15 is 0 Å². The highest BCUT2D eigenvalue weighted by Gasteiger charge is 2.04. The van der Waals surface area contributed by atoms with Crippen LogP contribution in [0, 0.1) is 6.92 Å². The van der Waals surface area contributed by atoms with Gasteiger partial charge >= 0.3 is 0 Å². The molecule has 6 heteroatoms. The van der Waals surface area contributed by atoms with E-state index in [1.807, 2.05) is 25.4 Å². The Morgan fingerprint density at radius 1 is 1.40 bits per heavy atom. The minimum Gasteiger partial charge on any atom is -0.222 e. The summed E-state index contributed by atoms with van der Waals surface area (Å²) in [6, 6.07) is 3.60. The number of hydrogen-bond acceptors (Lipinski definition) is 4. The van der Waals surface area contributed by atoms with E-state index in [2.05, 4.69) is 15.1 Å². The van der Waals surface area contributed by atoms with Gasteiger partial charge in [-0.15, -0.1) is 0 Å². The van der Waals surface area contributed by atoms with Gasteiger partial charge in [-0.25, -0.2) is 14.6 Å². The van der Waals surface area contributed by atoms with Gasteiger partial charge < -0.3 is 0 Å². The summed E-state index contributed by atoms with van der Waals surface area (Å²) < 4.78 is 1.68. The van der Waals surface area contributed by atoms with Gasteiger partial charge in [-0.2, -0.15) is 5.10 Å². The topological polar surface area (TPSA) is 43.6 Å². The number of hydrogen-bond donors (Lipinski definition) is 0. The number of aromatic nitrogens is 4. The van der Waals surface area contributed by atoms with Crippen molar-refractivity contribution in [1.29, 1.82) is 0 Å². The van der Waals surface area contributed by atoms with Crippen LogP contribution < -0.4 is 0 Å². The van der Waals surface area contributed by atoms with Gasteiger partial charge in [-0.05, 0) is 19.2 Å². The van der Waals surface area contributed by atoms with Crippen molar-refractivity contribution in [2.75, 3.05) is 6.26 Å². The van der Waals surface area contributed by atoms with Crippen molar-refractivity contribution in [2.45, 2.75) is 12.1 Å². The predicted molar refractivity (Wildman–Crippen MR) is 60.7 cm³/mol. The smallest absolute Gasteiger partial charge is 0.190 e. The summed E-state index contributed by atoms with van der Waals surface area (Å²) in [4.78, 5) is 8.36. The average molecular weight is 241 g/mol. The Kier molecular flexibility index (Phi) is 2.93. The molecule has 0 bridgehead atoms. The van der Waals surface area contributed by atoms with E-state index in [-0.39, 0.29) is 0 Å². The molecular formula is C9H9ClN4S. The Balaban J connectivity index is 2.48. The van der Waals surface area contributed by atoms with Gasteiger partial charge in [0.25, 0.3) is 0 Å². The first-order valence-electron chi connectivity index (χ1n) is 4.30. The molecule has 78 valence electrons. The van der Waals surface area contributed by atoms with Crippen molar-refractivity contribution in [3.05, 3.63) is 29.2 Å². The zero-order valence-electron chi connectivity index (χ0n) is 8.31. The molecule has 2 aromatic heterocycles. The fourth-order valence-corrected chi connectivity index (χ4v) is 1.74. The number of halogens is 1. The van der Waals surface area contributed by atoms with Gasteiger partial charge in [0.05, 0.1) is 5.69 Å². The monoisotopic (exact) mass is 240 g/mol. The SMILES string of the molecule is CSc1nc(Cl)cc(-n2ccc(C)n2)n1. The highest BCUT2D eigenvalue weighted by molar-refractivity contribution is 7.98. The lowest BCUT2D eigenvalue weighted by atomic mass is 10.5. The van der Waals surface area contributed by atoms with E-state index in [4.69, 9.17) is 11.6 Å². The molecule has 2 aromatic rings. The molecule has 0 N–H and O–H groups in total. The largest absolute Gasteiger partial charge is 0.222 e. The third-order valence-corrected chi connectivity index (χ3v) is 2.54. The van der Waals surface area contributed by atoms with Crippen molar-refractivity contribution >= 4 is 23.4 Å². The van der Waals surface area contributed by atoms with Crippen LogP contribution in [0.1, 0.15) is 5.69 Å². The summed E-state index contributed by atoms with van der Waals surface area (Å²) in [6.45, 7) is 1.93. The van der Waals surface area contributed by atoms with Crippen LogP contribution in [0.3, 0.4) is 0 Å². The highest BCUT2D eigenvalue weighted by Crippen LogP contribution is 2.16. The first-order chi connectivity index (χ1) is 7.19. The molecule has 0 aliphatic heterocycles. The summed E-state index contributed by atoms with van der Waals surface area (Å²) in [5, 5.41) is 5.33. The molecule has 15 heavy (non-hydrogen) atoms. The molecule has 0 unspecified atom stereocenters. The van der Waals surface area contributed by atoms with Crippen molar-refractivity contribution in [3.8, 4) is 5.82 Å². The Morgan fingerprint density at radius 2 is 2.20 bits per heavy atom. The minimum atomic E-state index is 0.428. The summed E-state index contributed by atoms with van der Waals surface area (Å²) in [7, 11) is 0. The minimum absolute atomic E-state index is 0.428. The maximum Gasteiger partial charge on any atom is 0.190 e. The van der Waals surface area contributed by atoms with Crippen molar-refractivity contribution in [3.63, 3.8) is 0 Å². The van der Waals surface area contributed by atoms with Crippen molar-refractivity contribution < 1.29 is 0 Å². The van der Waals surface area contributed by atoms with Gasteiger partial charge in [0.2, 0.25) is 0 Å². The molecule has 4 nitrogen and oxygen atoms in total. The molecule has 0 aliphatic rings. The molecule has 0 spiro atoms. The molecule has 0 radical (unpaired) electrons. The third kappa shape index (κ3) is 2.30. The molecule has 0 saturated carbocycles. The van der Waals surface area contributed by atoms with Crippen LogP contribution in [-0.2, 0) is 0 Å². The van der Waals surface area contributed by atoms with E-state index in [9.17, 15) is 0 Å². The van der Waals surface area contributed by atoms with E-state index in [1.165, 1.54) is 11.8 Å². The fraction of sp³-hybridized carbons (Fsp3) is 0.222. The Morgan fingerprint density at radius 3 is 2.80 bits per heavy atom. The van der Waals surface area contributed by atoms with Crippen LogP contribution in [-0.4, -0.2) is 26.0 Å². The van der Waals surface area contributed by atoms with Crippen LogP contribution in [0.2, 0.25) is 5.15 Å². The number of thioether (sulfide) groups is 1. The summed E-state index contributed by atoms with van der Waals surface area (Å²) >= 11 is 7.33. The van der Waals surface area contributed by atoms with E-state index < -0.39 is 0 Å². The Labute approximate surface area is 96.7 Å². The normalized spacial score (nSPS) is 10.6. The van der Waals surface area contributed by atoms with Gasteiger partial charge in [0.15, 0.2) is 11.0 Å². The standard InChI is InChI=1S/C9H9ClN4S/c1-6-3-4-14(13-6)8-5-7(10)11-9(12-8)15-2/h3-5H,1-2H3. The summed E-state index contributed by atoms with van der Waals surface area (Å²) in [5.74, 6) is 0.687. The van der Waals surface area contributed by atoms with Crippen molar-refractivity contribution in [1.82, 2.24) is 19.7 Å². The van der Waals surface area contributed by atoms with Crippen LogP contribution >= 0.6 is 23.4 Å². The van der Waals surface area contributed by atoms with Crippen LogP contribution in [0.15, 0.2) is 23.5 Å². The first-order valence-corrected chi connectivity index (χ1v) is 5.90. The maximum atomic E-state index is 5.88. The molecule has 0 amide bonds. The number of nitrogens with zero attached hydrogens (tertiary/aromatic N) is 4. The molecule has 0 saturated heterocycles. The summed E-state index contributed by atoms with van der Waals surface area (Å²) in [5.41, 5.74) is 0.940. The van der Waals surface area contributed by atoms with E-state index in [0.717, 1.165) is 5.69 Å². The zero-order chi connectivity index (χ0) is 10.8. The fourth-order valence-electron chi connectivity index (χ4n) is 1.14. The van der Waals surface area contributed by atoms with Gasteiger partial charge in [-0.3, -0.25) is 0 Å². The van der Waals surface area contributed by atoms with Crippen LogP contribution in [0.25, 0.3) is 5.82 Å². The molecular weight excluding hydrogens is 232 g/mol.